The van der Waals surface area contributed by atoms with Crippen LogP contribution in [0, 0.1) is 11.8 Å². The molecule has 1 atom stereocenters. The average Bonchev–Trinajstić information content (AvgIpc) is 3.35. The van der Waals surface area contributed by atoms with Crippen molar-refractivity contribution < 1.29 is 19.5 Å². The largest absolute Gasteiger partial charge is 0.488 e. The van der Waals surface area contributed by atoms with Crippen molar-refractivity contribution in [2.75, 3.05) is 26.2 Å². The summed E-state index contributed by atoms with van der Waals surface area (Å²) in [5.74, 6) is 7.90. The van der Waals surface area contributed by atoms with Gasteiger partial charge < -0.3 is 24.0 Å². The van der Waals surface area contributed by atoms with E-state index in [9.17, 15) is 5.11 Å². The number of hydrogen-bond donors (Lipinski definition) is 2. The van der Waals surface area contributed by atoms with Gasteiger partial charge in [0.15, 0.2) is 0 Å². The summed E-state index contributed by atoms with van der Waals surface area (Å²) in [6.45, 7) is 4.68. The van der Waals surface area contributed by atoms with Crippen LogP contribution < -0.4 is 4.74 Å². The second-order valence-corrected chi connectivity index (χ2v) is 7.27. The third-order valence-corrected chi connectivity index (χ3v) is 4.84. The van der Waals surface area contributed by atoms with E-state index in [-0.39, 0.29) is 12.7 Å². The highest BCUT2D eigenvalue weighted by atomic mass is 16.5. The lowest BCUT2D eigenvalue weighted by molar-refractivity contribution is 0.0107. The molecule has 8 nitrogen and oxygen atoms in total. The summed E-state index contributed by atoms with van der Waals surface area (Å²) in [7, 11) is 0. The second-order valence-electron chi connectivity index (χ2n) is 7.27. The summed E-state index contributed by atoms with van der Waals surface area (Å²) >= 11 is 0. The summed E-state index contributed by atoms with van der Waals surface area (Å²) in [5.41, 5.74) is 1.56. The van der Waals surface area contributed by atoms with Crippen LogP contribution in [0.5, 0.6) is 5.75 Å². The molecule has 156 valence electrons. The minimum atomic E-state index is -0.651. The average molecular weight is 408 g/mol. The quantitative estimate of drug-likeness (QED) is 0.571. The van der Waals surface area contributed by atoms with E-state index in [0.29, 0.717) is 30.4 Å². The number of β-amino-alcohol motifs (C(OH)–C–C–N with tert-alkyl or cyclic N) is 1. The van der Waals surface area contributed by atoms with Gasteiger partial charge in [-0.05, 0) is 37.1 Å². The zero-order valence-corrected chi connectivity index (χ0v) is 16.7. The molecule has 8 heteroatoms. The molecule has 2 N–H and O–H groups in total. The van der Waals surface area contributed by atoms with E-state index in [1.807, 2.05) is 28.8 Å². The number of likely N-dealkylation sites (tertiary alicyclic amines) is 1. The maximum absolute atomic E-state index is 9.74. The Hall–Kier alpha value is -3.12. The predicted octanol–water partition coefficient (Wildman–Crippen LogP) is 1.43. The molecule has 0 aliphatic carbocycles. The lowest BCUT2D eigenvalue weighted by atomic mass is 10.1. The van der Waals surface area contributed by atoms with Crippen molar-refractivity contribution in [3.05, 3.63) is 65.6 Å². The fraction of sp³-hybridized carbons (Fsp3) is 0.364. The monoisotopic (exact) mass is 408 g/mol. The second kappa shape index (κ2) is 9.13. The van der Waals surface area contributed by atoms with E-state index >= 15 is 0 Å². The predicted molar refractivity (Wildman–Crippen MR) is 109 cm³/mol. The minimum Gasteiger partial charge on any atom is -0.488 e. The number of aliphatic hydroxyl groups is 2. The Labute approximate surface area is 174 Å². The number of aliphatic hydroxyl groups excluding tert-OH is 2. The van der Waals surface area contributed by atoms with Crippen LogP contribution in [0.4, 0.5) is 0 Å². The molecule has 0 spiro atoms. The topological polar surface area (TPSA) is 96.8 Å². The van der Waals surface area contributed by atoms with Gasteiger partial charge in [-0.2, -0.15) is 0 Å². The van der Waals surface area contributed by atoms with Crippen LogP contribution in [0.25, 0.3) is 0 Å². The highest BCUT2D eigenvalue weighted by Crippen LogP contribution is 2.18. The van der Waals surface area contributed by atoms with Gasteiger partial charge in [-0.15, -0.1) is 0 Å². The van der Waals surface area contributed by atoms with Crippen LogP contribution in [0.15, 0.2) is 47.2 Å². The van der Waals surface area contributed by atoms with Crippen molar-refractivity contribution in [2.45, 2.75) is 25.7 Å². The maximum atomic E-state index is 9.74. The summed E-state index contributed by atoms with van der Waals surface area (Å²) in [6.07, 6.45) is 2.96. The molecule has 2 aromatic heterocycles. The molecule has 1 fully saturated rings. The molecule has 3 aromatic rings. The van der Waals surface area contributed by atoms with E-state index < -0.39 is 6.10 Å². The number of rotatable bonds is 7. The van der Waals surface area contributed by atoms with Gasteiger partial charge in [0.05, 0.1) is 13.2 Å². The van der Waals surface area contributed by atoms with E-state index in [4.69, 9.17) is 14.4 Å². The molecule has 1 aliphatic heterocycles. The highest BCUT2D eigenvalue weighted by molar-refractivity contribution is 5.42. The lowest BCUT2D eigenvalue weighted by Crippen LogP contribution is -2.54. The summed E-state index contributed by atoms with van der Waals surface area (Å²) < 4.78 is 13.0. The molecular formula is C22H24N4O4. The van der Waals surface area contributed by atoms with Crippen LogP contribution in [0.2, 0.25) is 0 Å². The molecule has 0 saturated carbocycles. The van der Waals surface area contributed by atoms with Crippen LogP contribution >= 0.6 is 0 Å². The van der Waals surface area contributed by atoms with E-state index in [0.717, 1.165) is 24.4 Å². The summed E-state index contributed by atoms with van der Waals surface area (Å²) in [5, 5.41) is 22.7. The Morgan fingerprint density at radius 2 is 2.07 bits per heavy atom. The first kappa shape index (κ1) is 20.2. The van der Waals surface area contributed by atoms with Crippen molar-refractivity contribution in [1.29, 1.82) is 0 Å². The number of imidazole rings is 1. The lowest BCUT2D eigenvalue weighted by Gasteiger charge is -2.38. The number of hydrogen-bond acceptors (Lipinski definition) is 7. The third-order valence-electron chi connectivity index (χ3n) is 4.84. The van der Waals surface area contributed by atoms with Crippen molar-refractivity contribution in [1.82, 2.24) is 19.6 Å². The maximum Gasteiger partial charge on any atom is 0.210 e. The zero-order chi connectivity index (χ0) is 20.9. The highest BCUT2D eigenvalue weighted by Gasteiger charge is 2.27. The first-order valence-corrected chi connectivity index (χ1v) is 9.87. The molecule has 4 rings (SSSR count). The number of aromatic nitrogens is 3. The first-order valence-electron chi connectivity index (χ1n) is 9.87. The van der Waals surface area contributed by atoms with Gasteiger partial charge in [0.2, 0.25) is 5.76 Å². The first-order chi connectivity index (χ1) is 14.6. The zero-order valence-electron chi connectivity index (χ0n) is 16.7. The molecule has 0 unspecified atom stereocenters. The van der Waals surface area contributed by atoms with E-state index in [1.165, 1.54) is 0 Å². The van der Waals surface area contributed by atoms with Gasteiger partial charge in [0, 0.05) is 43.7 Å². The van der Waals surface area contributed by atoms with Crippen molar-refractivity contribution in [2.24, 2.45) is 0 Å². The van der Waals surface area contributed by atoms with Crippen LogP contribution in [0.3, 0.4) is 0 Å². The summed E-state index contributed by atoms with van der Waals surface area (Å²) in [4.78, 5) is 6.29. The number of ether oxygens (including phenoxy) is 1. The number of nitrogens with zero attached hydrogens (tertiary/aromatic N) is 4. The molecular weight excluding hydrogens is 384 g/mol. The van der Waals surface area contributed by atoms with Gasteiger partial charge in [0.1, 0.15) is 29.5 Å². The third kappa shape index (κ3) is 4.89. The molecule has 1 saturated heterocycles. The fourth-order valence-electron chi connectivity index (χ4n) is 3.31. The Balaban J connectivity index is 1.32. The fourth-order valence-corrected chi connectivity index (χ4v) is 3.31. The molecule has 0 bridgehead atoms. The molecule has 30 heavy (non-hydrogen) atoms. The Morgan fingerprint density at radius 3 is 2.80 bits per heavy atom. The Kier molecular flexibility index (Phi) is 6.14. The normalized spacial score (nSPS) is 15.3. The van der Waals surface area contributed by atoms with Crippen molar-refractivity contribution in [3.8, 4) is 17.6 Å². The molecule has 0 radical (unpaired) electrons. The smallest absolute Gasteiger partial charge is 0.210 e. The standard InChI is InChI=1S/C22H24N4O4/c1-16(28)22-23-8-9-26(22)13-18-12-20(30-24-18)7-4-17-2-5-19(6-3-17)29-21-14-25(15-21)10-11-27/h2-3,5-6,8-9,12,16,21,27-28H,10-11,13-15H2,1H3/t16-/m0/s1. The minimum absolute atomic E-state index is 0.172. The molecule has 1 aromatic carbocycles. The van der Waals surface area contributed by atoms with Crippen molar-refractivity contribution in [3.63, 3.8) is 0 Å². The Morgan fingerprint density at radius 1 is 1.27 bits per heavy atom. The van der Waals surface area contributed by atoms with Crippen LogP contribution in [-0.2, 0) is 6.54 Å². The molecule has 3 heterocycles. The summed E-state index contributed by atoms with van der Waals surface area (Å²) in [6, 6.07) is 9.40. The SMILES string of the molecule is C[C@H](O)c1nccn1Cc1cc(C#Cc2ccc(OC3CN(CCO)C3)cc2)on1. The van der Waals surface area contributed by atoms with Crippen molar-refractivity contribution >= 4 is 0 Å². The van der Waals surface area contributed by atoms with Crippen LogP contribution in [-0.4, -0.2) is 62.2 Å². The van der Waals surface area contributed by atoms with Gasteiger partial charge in [-0.25, -0.2) is 4.98 Å². The van der Waals surface area contributed by atoms with E-state index in [1.54, 1.807) is 25.4 Å². The van der Waals surface area contributed by atoms with Gasteiger partial charge in [-0.3, -0.25) is 4.90 Å². The van der Waals surface area contributed by atoms with Crippen LogP contribution in [0.1, 0.15) is 35.9 Å². The molecule has 1 aliphatic rings. The molecule has 0 amide bonds. The van der Waals surface area contributed by atoms with Gasteiger partial charge in [-0.1, -0.05) is 11.1 Å². The number of benzene rings is 1. The van der Waals surface area contributed by atoms with Gasteiger partial charge >= 0.3 is 0 Å². The van der Waals surface area contributed by atoms with E-state index in [2.05, 4.69) is 26.9 Å². The van der Waals surface area contributed by atoms with Gasteiger partial charge in [0.25, 0.3) is 0 Å². The Bertz CT molecular complexity index is 1020.